The third-order valence-electron chi connectivity index (χ3n) is 5.24. The number of likely N-dealkylation sites (N-methyl/N-ethyl adjacent to an activating group) is 1. The lowest BCUT2D eigenvalue weighted by Crippen LogP contribution is -2.42. The highest BCUT2D eigenvalue weighted by Crippen LogP contribution is 2.35. The zero-order valence-corrected chi connectivity index (χ0v) is 13.4. The number of ether oxygens (including phenoxy) is 1. The first-order chi connectivity index (χ1) is 10.1. The van der Waals surface area contributed by atoms with Crippen molar-refractivity contribution >= 4 is 0 Å². The van der Waals surface area contributed by atoms with Gasteiger partial charge in [0.25, 0.3) is 0 Å². The smallest absolute Gasteiger partial charge is 0.0830 e. The lowest BCUT2D eigenvalue weighted by atomic mass is 10.0. The van der Waals surface area contributed by atoms with Gasteiger partial charge in [0.15, 0.2) is 0 Å². The summed E-state index contributed by atoms with van der Waals surface area (Å²) in [5, 5.41) is 8.19. The molecule has 0 bridgehead atoms. The van der Waals surface area contributed by atoms with Crippen LogP contribution in [-0.4, -0.2) is 77.3 Å². The molecule has 0 N–H and O–H groups in total. The fourth-order valence-electron chi connectivity index (χ4n) is 3.99. The average Bonchev–Trinajstić information content (AvgIpc) is 3.19. The molecule has 0 spiro atoms. The molecule has 21 heavy (non-hydrogen) atoms. The summed E-state index contributed by atoms with van der Waals surface area (Å²) in [4.78, 5) is 4.85. The van der Waals surface area contributed by atoms with Gasteiger partial charge in [0.05, 0.1) is 17.8 Å². The molecule has 1 aliphatic carbocycles. The van der Waals surface area contributed by atoms with Crippen LogP contribution in [0.5, 0.6) is 0 Å². The van der Waals surface area contributed by atoms with Crippen LogP contribution in [0.25, 0.3) is 0 Å². The molecular weight excluding hydrogens is 266 g/mol. The number of aromatic nitrogens is 3. The number of nitrogens with zero attached hydrogens (tertiary/aromatic N) is 5. The molecule has 3 rings (SSSR count). The minimum atomic E-state index is 0.0775. The van der Waals surface area contributed by atoms with Crippen molar-refractivity contribution in [3.8, 4) is 0 Å². The molecule has 0 aromatic carbocycles. The van der Waals surface area contributed by atoms with Crippen LogP contribution in [0, 0.1) is 0 Å². The standard InChI is InChI=1S/C15H27N5O/c1-18(2)13-10-19(11-14(13)20-9-8-16-17-20)12-15(21-3)6-4-5-7-15/h8-9,13-14H,4-7,10-12H2,1-3H3/t13-,14+/m1/s1. The number of methoxy groups -OCH3 is 1. The molecular formula is C15H27N5O. The van der Waals surface area contributed by atoms with Crippen molar-refractivity contribution in [2.24, 2.45) is 0 Å². The van der Waals surface area contributed by atoms with Crippen LogP contribution in [0.1, 0.15) is 31.7 Å². The molecule has 2 heterocycles. The van der Waals surface area contributed by atoms with E-state index in [9.17, 15) is 0 Å². The Morgan fingerprint density at radius 3 is 2.62 bits per heavy atom. The van der Waals surface area contributed by atoms with Crippen LogP contribution in [0.15, 0.2) is 12.4 Å². The van der Waals surface area contributed by atoms with E-state index >= 15 is 0 Å². The van der Waals surface area contributed by atoms with E-state index in [4.69, 9.17) is 4.74 Å². The predicted molar refractivity (Wildman–Crippen MR) is 81.2 cm³/mol. The Balaban J connectivity index is 1.71. The van der Waals surface area contributed by atoms with Crippen molar-refractivity contribution in [3.63, 3.8) is 0 Å². The van der Waals surface area contributed by atoms with Gasteiger partial charge in [-0.15, -0.1) is 5.10 Å². The molecule has 6 heteroatoms. The summed E-state index contributed by atoms with van der Waals surface area (Å²) in [6, 6.07) is 0.847. The van der Waals surface area contributed by atoms with Crippen molar-refractivity contribution in [2.75, 3.05) is 40.8 Å². The van der Waals surface area contributed by atoms with Crippen molar-refractivity contribution in [1.29, 1.82) is 0 Å². The molecule has 1 aromatic rings. The maximum absolute atomic E-state index is 5.89. The van der Waals surface area contributed by atoms with Crippen molar-refractivity contribution in [1.82, 2.24) is 24.8 Å². The molecule has 0 amide bonds. The van der Waals surface area contributed by atoms with E-state index in [1.807, 2.05) is 18.0 Å². The summed E-state index contributed by atoms with van der Waals surface area (Å²) >= 11 is 0. The zero-order valence-electron chi connectivity index (χ0n) is 13.4. The fraction of sp³-hybridized carbons (Fsp3) is 0.867. The van der Waals surface area contributed by atoms with Gasteiger partial charge >= 0.3 is 0 Å². The van der Waals surface area contributed by atoms with Crippen LogP contribution in [-0.2, 0) is 4.74 Å². The Morgan fingerprint density at radius 1 is 1.29 bits per heavy atom. The van der Waals surface area contributed by atoms with Gasteiger partial charge in [-0.2, -0.15) is 0 Å². The predicted octanol–water partition coefficient (Wildman–Crippen LogP) is 1.02. The first-order valence-corrected chi connectivity index (χ1v) is 7.93. The number of likely N-dealkylation sites (tertiary alicyclic amines) is 1. The van der Waals surface area contributed by atoms with Crippen LogP contribution < -0.4 is 0 Å². The van der Waals surface area contributed by atoms with E-state index in [0.717, 1.165) is 19.6 Å². The molecule has 2 atom stereocenters. The third kappa shape index (κ3) is 2.98. The number of hydrogen-bond donors (Lipinski definition) is 0. The van der Waals surface area contributed by atoms with E-state index in [1.54, 1.807) is 6.20 Å². The summed E-state index contributed by atoms with van der Waals surface area (Å²) in [7, 11) is 6.18. The highest BCUT2D eigenvalue weighted by atomic mass is 16.5. The Labute approximate surface area is 127 Å². The summed E-state index contributed by atoms with van der Waals surface area (Å²) in [6.45, 7) is 3.14. The first-order valence-electron chi connectivity index (χ1n) is 7.93. The highest BCUT2D eigenvalue weighted by Gasteiger charge is 2.41. The minimum Gasteiger partial charge on any atom is -0.377 e. The van der Waals surface area contributed by atoms with Gasteiger partial charge in [0.1, 0.15) is 0 Å². The average molecular weight is 293 g/mol. The second kappa shape index (κ2) is 6.02. The van der Waals surface area contributed by atoms with Crippen LogP contribution in [0.3, 0.4) is 0 Å². The van der Waals surface area contributed by atoms with Crippen LogP contribution in [0.4, 0.5) is 0 Å². The summed E-state index contributed by atoms with van der Waals surface area (Å²) < 4.78 is 7.91. The van der Waals surface area contributed by atoms with Crippen molar-refractivity contribution in [2.45, 2.75) is 43.4 Å². The van der Waals surface area contributed by atoms with Gasteiger partial charge in [0.2, 0.25) is 0 Å². The third-order valence-corrected chi connectivity index (χ3v) is 5.24. The highest BCUT2D eigenvalue weighted by molar-refractivity contribution is 4.97. The van der Waals surface area contributed by atoms with Gasteiger partial charge in [-0.3, -0.25) is 4.90 Å². The van der Waals surface area contributed by atoms with Gasteiger partial charge in [0, 0.05) is 39.0 Å². The molecule has 2 fully saturated rings. The molecule has 1 aromatic heterocycles. The Bertz CT molecular complexity index is 441. The maximum Gasteiger partial charge on any atom is 0.0830 e. The van der Waals surface area contributed by atoms with Crippen LogP contribution >= 0.6 is 0 Å². The van der Waals surface area contributed by atoms with Crippen LogP contribution in [0.2, 0.25) is 0 Å². The van der Waals surface area contributed by atoms with Gasteiger partial charge in [-0.25, -0.2) is 4.68 Å². The molecule has 0 radical (unpaired) electrons. The zero-order chi connectivity index (χ0) is 14.9. The van der Waals surface area contributed by atoms with Crippen molar-refractivity contribution < 1.29 is 4.74 Å². The largest absolute Gasteiger partial charge is 0.377 e. The molecule has 2 aliphatic rings. The fourth-order valence-corrected chi connectivity index (χ4v) is 3.99. The first kappa shape index (κ1) is 14.9. The second-order valence-corrected chi connectivity index (χ2v) is 6.77. The van der Waals surface area contributed by atoms with Gasteiger partial charge in [-0.1, -0.05) is 18.1 Å². The second-order valence-electron chi connectivity index (χ2n) is 6.77. The normalized spacial score (nSPS) is 29.5. The molecule has 0 unspecified atom stereocenters. The number of rotatable bonds is 5. The molecule has 6 nitrogen and oxygen atoms in total. The monoisotopic (exact) mass is 293 g/mol. The molecule has 118 valence electrons. The van der Waals surface area contributed by atoms with E-state index in [0.29, 0.717) is 12.1 Å². The Kier molecular flexibility index (Phi) is 4.28. The van der Waals surface area contributed by atoms with Gasteiger partial charge < -0.3 is 9.64 Å². The van der Waals surface area contributed by atoms with Crippen molar-refractivity contribution in [3.05, 3.63) is 12.4 Å². The number of hydrogen-bond acceptors (Lipinski definition) is 5. The van der Waals surface area contributed by atoms with E-state index in [2.05, 4.69) is 34.2 Å². The van der Waals surface area contributed by atoms with E-state index in [-0.39, 0.29) is 5.60 Å². The quantitative estimate of drug-likeness (QED) is 0.811. The minimum absolute atomic E-state index is 0.0775. The summed E-state index contributed by atoms with van der Waals surface area (Å²) in [5.74, 6) is 0. The SMILES string of the molecule is COC1(CN2C[C@@H](N(C)C)[C@@H](n3ccnn3)C2)CCCC1. The molecule has 1 saturated heterocycles. The van der Waals surface area contributed by atoms with E-state index < -0.39 is 0 Å². The Hall–Kier alpha value is -0.980. The maximum atomic E-state index is 5.89. The molecule has 1 aliphatic heterocycles. The lowest BCUT2D eigenvalue weighted by Gasteiger charge is -2.32. The lowest BCUT2D eigenvalue weighted by molar-refractivity contribution is -0.0282. The topological polar surface area (TPSA) is 46.4 Å². The Morgan fingerprint density at radius 2 is 2.05 bits per heavy atom. The van der Waals surface area contributed by atoms with Gasteiger partial charge in [-0.05, 0) is 26.9 Å². The van der Waals surface area contributed by atoms with E-state index in [1.165, 1.54) is 25.7 Å². The summed E-state index contributed by atoms with van der Waals surface area (Å²) in [6.07, 6.45) is 8.73. The summed E-state index contributed by atoms with van der Waals surface area (Å²) in [5.41, 5.74) is 0.0775. The molecule has 1 saturated carbocycles.